The highest BCUT2D eigenvalue weighted by molar-refractivity contribution is 8.00. The Labute approximate surface area is 364 Å². The number of carbonyl (C=O) groups excluding carboxylic acids is 2. The van der Waals surface area contributed by atoms with Crippen molar-refractivity contribution in [3.05, 3.63) is 48.1 Å². The first kappa shape index (κ1) is 48.8. The highest BCUT2D eigenvalue weighted by Crippen LogP contribution is 2.34. The highest BCUT2D eigenvalue weighted by Gasteiger charge is 2.29. The SMILES string of the molecule is CC(C)(C)c1cnc(CSc2cnc(NC(=O)C3CCNCC3)s2)o1.CC(C)(C)c1cnc(CSc2cnc(NC(=O)C3CCNCC3)s2)o1.O=C(O)C(O)C(O)C(=O)O. The number of aliphatic hydroxyl groups excluding tert-OH is 2. The number of aliphatic hydroxyl groups is 2. The van der Waals surface area contributed by atoms with Gasteiger partial charge in [-0.15, -0.1) is 23.5 Å². The number of aromatic nitrogens is 4. The molecule has 2 aliphatic rings. The fraction of sp³-hybridized carbons (Fsp3) is 0.579. The van der Waals surface area contributed by atoms with E-state index in [9.17, 15) is 19.2 Å². The molecule has 2 unspecified atom stereocenters. The summed E-state index contributed by atoms with van der Waals surface area (Å²) in [4.78, 5) is 61.3. The lowest BCUT2D eigenvalue weighted by Gasteiger charge is -2.20. The van der Waals surface area contributed by atoms with Crippen LogP contribution in [0.2, 0.25) is 0 Å². The van der Waals surface area contributed by atoms with Crippen LogP contribution < -0.4 is 21.3 Å². The van der Waals surface area contributed by atoms with Crippen molar-refractivity contribution in [2.75, 3.05) is 36.8 Å². The van der Waals surface area contributed by atoms with E-state index in [4.69, 9.17) is 29.3 Å². The third-order valence-electron chi connectivity index (χ3n) is 8.92. The van der Waals surface area contributed by atoms with Crippen LogP contribution >= 0.6 is 46.2 Å². The first-order valence-electron chi connectivity index (χ1n) is 19.2. The number of hydrogen-bond donors (Lipinski definition) is 8. The van der Waals surface area contributed by atoms with Gasteiger partial charge in [0.2, 0.25) is 23.6 Å². The summed E-state index contributed by atoms with van der Waals surface area (Å²) in [5, 5.41) is 46.3. The van der Waals surface area contributed by atoms with E-state index in [0.29, 0.717) is 33.6 Å². The van der Waals surface area contributed by atoms with Gasteiger partial charge in [-0.2, -0.15) is 0 Å². The summed E-state index contributed by atoms with van der Waals surface area (Å²) in [5.74, 6) is 1.31. The van der Waals surface area contributed by atoms with Gasteiger partial charge in [-0.05, 0) is 51.9 Å². The van der Waals surface area contributed by atoms with Crippen LogP contribution in [0, 0.1) is 11.8 Å². The number of piperidine rings is 2. The van der Waals surface area contributed by atoms with Gasteiger partial charge >= 0.3 is 11.9 Å². The third-order valence-corrected chi connectivity index (χ3v) is 13.1. The third kappa shape index (κ3) is 15.9. The lowest BCUT2D eigenvalue weighted by molar-refractivity contribution is -0.165. The standard InChI is InChI=1S/2C17H24N4O2S2.C4H6O6/c2*1-17(2,3)12-8-19-13(23-12)10-24-14-9-20-16(25-14)21-15(22)11-4-6-18-7-5-11;5-1(3(7)8)2(6)4(9)10/h2*8-9,11,18H,4-7,10H2,1-3H3,(H,20,21,22);1-2,5-6H,(H,7,8)(H,9,10). The molecule has 8 N–H and O–H groups in total. The zero-order chi connectivity index (χ0) is 44.0. The Bertz CT molecular complexity index is 1850. The van der Waals surface area contributed by atoms with E-state index in [-0.39, 0.29) is 34.5 Å². The minimum Gasteiger partial charge on any atom is -0.479 e. The summed E-state index contributed by atoms with van der Waals surface area (Å²) >= 11 is 6.22. The molecule has 0 spiro atoms. The number of rotatable bonds is 13. The van der Waals surface area contributed by atoms with Crippen molar-refractivity contribution in [2.24, 2.45) is 11.8 Å². The second-order valence-electron chi connectivity index (χ2n) is 15.9. The lowest BCUT2D eigenvalue weighted by atomic mass is 9.94. The van der Waals surface area contributed by atoms with E-state index in [1.807, 2.05) is 0 Å². The fourth-order valence-corrected chi connectivity index (χ4v) is 8.79. The summed E-state index contributed by atoms with van der Waals surface area (Å²) in [6, 6.07) is 0. The molecule has 0 radical (unpaired) electrons. The molecular formula is C38H54N8O10S4. The minimum absolute atomic E-state index is 0.0352. The minimum atomic E-state index is -2.27. The topological polar surface area (TPSA) is 275 Å². The van der Waals surface area contributed by atoms with E-state index >= 15 is 0 Å². The molecule has 4 aromatic heterocycles. The molecule has 0 aliphatic carbocycles. The highest BCUT2D eigenvalue weighted by atomic mass is 32.2. The van der Waals surface area contributed by atoms with E-state index in [2.05, 4.69) is 82.7 Å². The summed E-state index contributed by atoms with van der Waals surface area (Å²) in [6.07, 6.45) is 6.20. The van der Waals surface area contributed by atoms with E-state index < -0.39 is 24.1 Å². The zero-order valence-electron chi connectivity index (χ0n) is 34.4. The van der Waals surface area contributed by atoms with Crippen LogP contribution in [-0.4, -0.2) is 103 Å². The fourth-order valence-electron chi connectivity index (χ4n) is 5.33. The zero-order valence-corrected chi connectivity index (χ0v) is 37.6. The molecule has 2 atom stereocenters. The maximum Gasteiger partial charge on any atom is 0.335 e. The van der Waals surface area contributed by atoms with Crippen LogP contribution in [-0.2, 0) is 41.5 Å². The van der Waals surface area contributed by atoms with Crippen LogP contribution in [0.25, 0.3) is 0 Å². The van der Waals surface area contributed by atoms with Crippen molar-refractivity contribution in [3.8, 4) is 0 Å². The number of nitrogens with one attached hydrogen (secondary N) is 4. The second-order valence-corrected chi connectivity index (χ2v) is 20.5. The Morgan fingerprint density at radius 1 is 0.667 bits per heavy atom. The Balaban J connectivity index is 0.000000217. The average molecular weight is 911 g/mol. The molecule has 22 heteroatoms. The molecule has 60 heavy (non-hydrogen) atoms. The van der Waals surface area contributed by atoms with E-state index in [1.165, 1.54) is 22.7 Å². The molecular weight excluding hydrogens is 857 g/mol. The molecule has 2 aliphatic heterocycles. The molecule has 2 fully saturated rings. The van der Waals surface area contributed by atoms with E-state index in [1.54, 1.807) is 48.3 Å². The number of amides is 2. The van der Waals surface area contributed by atoms with Gasteiger partial charge in [0, 0.05) is 22.7 Å². The van der Waals surface area contributed by atoms with Gasteiger partial charge < -0.3 is 50.5 Å². The smallest absolute Gasteiger partial charge is 0.335 e. The number of hydrogen-bond acceptors (Lipinski definition) is 18. The van der Waals surface area contributed by atoms with Crippen molar-refractivity contribution in [1.29, 1.82) is 0 Å². The maximum absolute atomic E-state index is 12.2. The van der Waals surface area contributed by atoms with Crippen molar-refractivity contribution in [3.63, 3.8) is 0 Å². The Kier molecular flexibility index (Phi) is 18.5. The number of nitrogens with zero attached hydrogens (tertiary/aromatic N) is 4. The quantitative estimate of drug-likeness (QED) is 0.0801. The Hall–Kier alpha value is -3.90. The second kappa shape index (κ2) is 22.8. The monoisotopic (exact) mass is 910 g/mol. The number of carboxylic acids is 2. The van der Waals surface area contributed by atoms with Crippen LogP contribution in [0.1, 0.15) is 90.5 Å². The first-order chi connectivity index (χ1) is 28.3. The number of aliphatic carboxylic acids is 2. The molecule has 2 saturated heterocycles. The van der Waals surface area contributed by atoms with Crippen molar-refractivity contribution < 1.29 is 48.4 Å². The maximum atomic E-state index is 12.2. The van der Waals surface area contributed by atoms with Crippen LogP contribution in [0.5, 0.6) is 0 Å². The summed E-state index contributed by atoms with van der Waals surface area (Å²) in [5.41, 5.74) is -0.0704. The van der Waals surface area contributed by atoms with Crippen molar-refractivity contribution >= 4 is 80.2 Å². The van der Waals surface area contributed by atoms with Gasteiger partial charge in [0.1, 0.15) is 11.5 Å². The Morgan fingerprint density at radius 3 is 1.32 bits per heavy atom. The summed E-state index contributed by atoms with van der Waals surface area (Å²) < 4.78 is 13.7. The molecule has 2 amide bonds. The van der Waals surface area contributed by atoms with Gasteiger partial charge in [-0.3, -0.25) is 9.59 Å². The van der Waals surface area contributed by atoms with Gasteiger partial charge in [0.15, 0.2) is 22.5 Å². The van der Waals surface area contributed by atoms with Gasteiger partial charge in [-0.25, -0.2) is 29.5 Å². The molecule has 18 nitrogen and oxygen atoms in total. The molecule has 6 rings (SSSR count). The number of carboxylic acid groups (broad SMARTS) is 2. The lowest BCUT2D eigenvalue weighted by Crippen LogP contribution is -2.39. The van der Waals surface area contributed by atoms with Crippen LogP contribution in [0.15, 0.2) is 42.0 Å². The number of thioether (sulfide) groups is 2. The summed E-state index contributed by atoms with van der Waals surface area (Å²) in [6.45, 7) is 16.2. The van der Waals surface area contributed by atoms with Gasteiger partial charge in [0.25, 0.3) is 0 Å². The molecule has 6 heterocycles. The number of thiazole rings is 2. The predicted octanol–water partition coefficient (Wildman–Crippen LogP) is 5.20. The number of oxazole rings is 2. The molecule has 0 saturated carbocycles. The largest absolute Gasteiger partial charge is 0.479 e. The summed E-state index contributed by atoms with van der Waals surface area (Å²) in [7, 11) is 0. The van der Waals surface area contributed by atoms with Crippen molar-refractivity contribution in [1.82, 2.24) is 30.6 Å². The molecule has 4 aromatic rings. The van der Waals surface area contributed by atoms with E-state index in [0.717, 1.165) is 71.8 Å². The molecule has 0 bridgehead atoms. The van der Waals surface area contributed by atoms with Crippen LogP contribution in [0.4, 0.5) is 10.3 Å². The van der Waals surface area contributed by atoms with Crippen LogP contribution in [0.3, 0.4) is 0 Å². The number of anilines is 2. The molecule has 0 aromatic carbocycles. The average Bonchev–Trinajstić information content (AvgIpc) is 4.05. The van der Waals surface area contributed by atoms with Gasteiger partial charge in [-0.1, -0.05) is 64.2 Å². The van der Waals surface area contributed by atoms with Crippen molar-refractivity contribution in [2.45, 2.75) is 110 Å². The normalized spacial score (nSPS) is 16.1. The number of carbonyl (C=O) groups is 4. The van der Waals surface area contributed by atoms with Gasteiger partial charge in [0.05, 0.1) is 44.7 Å². The molecule has 330 valence electrons. The predicted molar refractivity (Wildman–Crippen MR) is 229 cm³/mol. The Morgan fingerprint density at radius 2 is 1.02 bits per heavy atom. The first-order valence-corrected chi connectivity index (χ1v) is 22.8.